The van der Waals surface area contributed by atoms with Crippen molar-refractivity contribution in [3.8, 4) is 0 Å². The van der Waals surface area contributed by atoms with E-state index in [-0.39, 0.29) is 0 Å². The number of aromatic nitrogens is 1. The molecule has 2 aromatic rings. The Morgan fingerprint density at radius 3 is 2.59 bits per heavy atom. The monoisotopic (exact) mass is 294 g/mol. The van der Waals surface area contributed by atoms with Gasteiger partial charge in [-0.3, -0.25) is 4.98 Å². The molecule has 3 nitrogen and oxygen atoms in total. The molecule has 1 aromatic carbocycles. The zero-order valence-corrected chi connectivity index (χ0v) is 13.2. The number of hydrogen-bond donors (Lipinski definition) is 1. The van der Waals surface area contributed by atoms with Gasteiger partial charge in [-0.05, 0) is 56.2 Å². The van der Waals surface area contributed by atoms with Gasteiger partial charge in [0.1, 0.15) is 5.60 Å². The number of pyridine rings is 1. The summed E-state index contributed by atoms with van der Waals surface area (Å²) in [5.41, 5.74) is 2.73. The van der Waals surface area contributed by atoms with E-state index in [1.54, 1.807) is 6.20 Å². The van der Waals surface area contributed by atoms with E-state index in [2.05, 4.69) is 36.1 Å². The first kappa shape index (κ1) is 14.9. The minimum atomic E-state index is -1.04. The summed E-state index contributed by atoms with van der Waals surface area (Å²) in [4.78, 5) is 6.66. The largest absolute Gasteiger partial charge is 0.379 e. The Bertz CT molecular complexity index is 642. The summed E-state index contributed by atoms with van der Waals surface area (Å²) in [5, 5.41) is 11.5. The average molecular weight is 294 g/mol. The van der Waals surface area contributed by atoms with Crippen molar-refractivity contribution in [3.63, 3.8) is 0 Å². The highest BCUT2D eigenvalue weighted by Gasteiger charge is 2.36. The van der Waals surface area contributed by atoms with Crippen LogP contribution in [0.2, 0.25) is 0 Å². The number of benzene rings is 1. The van der Waals surface area contributed by atoms with E-state index in [4.69, 9.17) is 0 Å². The summed E-state index contributed by atoms with van der Waals surface area (Å²) in [6, 6.07) is 12.0. The Balaban J connectivity index is 2.08. The summed E-state index contributed by atoms with van der Waals surface area (Å²) in [7, 11) is 4.11. The molecule has 1 N–H and O–H groups in total. The van der Waals surface area contributed by atoms with E-state index in [9.17, 15) is 5.11 Å². The molecule has 0 saturated heterocycles. The van der Waals surface area contributed by atoms with Crippen LogP contribution in [0.25, 0.3) is 12.2 Å². The maximum Gasteiger partial charge on any atom is 0.133 e. The van der Waals surface area contributed by atoms with Crippen molar-refractivity contribution in [2.75, 3.05) is 20.6 Å². The number of aliphatic hydroxyl groups is 1. The number of nitrogens with zero attached hydrogens (tertiary/aromatic N) is 2. The zero-order chi connectivity index (χ0) is 15.6. The minimum absolute atomic E-state index is 0.661. The lowest BCUT2D eigenvalue weighted by Gasteiger charge is -2.30. The molecular weight excluding hydrogens is 272 g/mol. The van der Waals surface area contributed by atoms with Crippen LogP contribution in [0.3, 0.4) is 0 Å². The second kappa shape index (κ2) is 6.03. The first-order valence-electron chi connectivity index (χ1n) is 7.71. The smallest absolute Gasteiger partial charge is 0.133 e. The molecule has 0 saturated carbocycles. The van der Waals surface area contributed by atoms with Crippen LogP contribution < -0.4 is 0 Å². The minimum Gasteiger partial charge on any atom is -0.379 e. The van der Waals surface area contributed by atoms with Crippen molar-refractivity contribution >= 4 is 12.2 Å². The molecular formula is C19H22N2O. The molecule has 0 aliphatic heterocycles. The number of hydrogen-bond acceptors (Lipinski definition) is 3. The molecule has 1 aliphatic carbocycles. The molecule has 0 radical (unpaired) electrons. The van der Waals surface area contributed by atoms with E-state index in [0.717, 1.165) is 35.3 Å². The van der Waals surface area contributed by atoms with Gasteiger partial charge in [-0.25, -0.2) is 0 Å². The summed E-state index contributed by atoms with van der Waals surface area (Å²) in [5.74, 6) is 0. The molecule has 0 bridgehead atoms. The Hall–Kier alpha value is -1.97. The van der Waals surface area contributed by atoms with Gasteiger partial charge in [0.25, 0.3) is 0 Å². The topological polar surface area (TPSA) is 36.4 Å². The number of fused-ring (bicyclic) bond motifs is 2. The van der Waals surface area contributed by atoms with E-state index >= 15 is 0 Å². The molecule has 0 spiro atoms. The maximum absolute atomic E-state index is 11.5. The van der Waals surface area contributed by atoms with Crippen molar-refractivity contribution in [3.05, 3.63) is 65.0 Å². The molecule has 1 atom stereocenters. The van der Waals surface area contributed by atoms with Gasteiger partial charge < -0.3 is 10.0 Å². The Labute approximate surface area is 131 Å². The van der Waals surface area contributed by atoms with Gasteiger partial charge in [0.2, 0.25) is 0 Å². The van der Waals surface area contributed by atoms with Gasteiger partial charge in [-0.1, -0.05) is 42.5 Å². The van der Waals surface area contributed by atoms with E-state index < -0.39 is 5.60 Å². The van der Waals surface area contributed by atoms with Crippen LogP contribution in [-0.4, -0.2) is 35.6 Å². The van der Waals surface area contributed by atoms with Crippen LogP contribution in [0.1, 0.15) is 35.2 Å². The fraction of sp³-hybridized carbons (Fsp3) is 0.316. The first-order chi connectivity index (χ1) is 10.6. The van der Waals surface area contributed by atoms with Crippen LogP contribution in [0.4, 0.5) is 0 Å². The SMILES string of the molecule is CN(C)CCC[C@@]1(O)c2ccccc2C=Cc2cccnc21. The van der Waals surface area contributed by atoms with Gasteiger partial charge in [0.05, 0.1) is 5.69 Å². The fourth-order valence-corrected chi connectivity index (χ4v) is 3.13. The Morgan fingerprint density at radius 1 is 1.05 bits per heavy atom. The van der Waals surface area contributed by atoms with E-state index in [0.29, 0.717) is 6.42 Å². The molecule has 1 aromatic heterocycles. The van der Waals surface area contributed by atoms with Crippen molar-refractivity contribution < 1.29 is 5.11 Å². The predicted octanol–water partition coefficient (Wildman–Crippen LogP) is 3.14. The Kier molecular flexibility index (Phi) is 4.10. The normalized spacial score (nSPS) is 19.6. The lowest BCUT2D eigenvalue weighted by molar-refractivity contribution is 0.0618. The lowest BCUT2D eigenvalue weighted by atomic mass is 9.83. The second-order valence-electron chi connectivity index (χ2n) is 6.13. The van der Waals surface area contributed by atoms with Crippen LogP contribution >= 0.6 is 0 Å². The fourth-order valence-electron chi connectivity index (χ4n) is 3.13. The zero-order valence-electron chi connectivity index (χ0n) is 13.2. The third-order valence-corrected chi connectivity index (χ3v) is 4.22. The quantitative estimate of drug-likeness (QED) is 0.941. The summed E-state index contributed by atoms with van der Waals surface area (Å²) >= 11 is 0. The molecule has 0 amide bonds. The Morgan fingerprint density at radius 2 is 1.77 bits per heavy atom. The summed E-state index contributed by atoms with van der Waals surface area (Å²) < 4.78 is 0. The third-order valence-electron chi connectivity index (χ3n) is 4.22. The third kappa shape index (κ3) is 2.70. The molecule has 1 aliphatic rings. The van der Waals surface area contributed by atoms with Crippen LogP contribution in [0, 0.1) is 0 Å². The van der Waals surface area contributed by atoms with Gasteiger partial charge in [0, 0.05) is 6.20 Å². The van der Waals surface area contributed by atoms with Crippen LogP contribution in [-0.2, 0) is 5.60 Å². The van der Waals surface area contributed by atoms with Gasteiger partial charge in [-0.15, -0.1) is 0 Å². The second-order valence-corrected chi connectivity index (χ2v) is 6.13. The van der Waals surface area contributed by atoms with E-state index in [1.807, 2.05) is 36.4 Å². The highest BCUT2D eigenvalue weighted by molar-refractivity contribution is 5.76. The molecule has 3 rings (SSSR count). The van der Waals surface area contributed by atoms with Gasteiger partial charge in [0.15, 0.2) is 0 Å². The molecule has 3 heteroatoms. The van der Waals surface area contributed by atoms with Crippen molar-refractivity contribution in [2.45, 2.75) is 18.4 Å². The van der Waals surface area contributed by atoms with Gasteiger partial charge in [-0.2, -0.15) is 0 Å². The molecule has 0 unspecified atom stereocenters. The summed E-state index contributed by atoms with van der Waals surface area (Å²) in [6.45, 7) is 0.945. The van der Waals surface area contributed by atoms with Crippen molar-refractivity contribution in [1.29, 1.82) is 0 Å². The maximum atomic E-state index is 11.5. The standard InChI is InChI=1S/C19H22N2O/c1-21(2)14-6-12-19(22)17-9-4-3-7-15(17)10-11-16-8-5-13-20-18(16)19/h3-5,7-11,13,22H,6,12,14H2,1-2H3/t19-/m1/s1. The highest BCUT2D eigenvalue weighted by atomic mass is 16.3. The summed E-state index contributed by atoms with van der Waals surface area (Å²) in [6.07, 6.45) is 7.45. The molecule has 114 valence electrons. The number of rotatable bonds is 4. The van der Waals surface area contributed by atoms with Crippen molar-refractivity contribution in [1.82, 2.24) is 9.88 Å². The molecule has 0 fully saturated rings. The highest BCUT2D eigenvalue weighted by Crippen LogP contribution is 2.39. The lowest BCUT2D eigenvalue weighted by Crippen LogP contribution is -2.31. The molecule has 1 heterocycles. The van der Waals surface area contributed by atoms with Gasteiger partial charge >= 0.3 is 0 Å². The average Bonchev–Trinajstić information content (AvgIpc) is 2.64. The first-order valence-corrected chi connectivity index (χ1v) is 7.71. The van der Waals surface area contributed by atoms with Crippen LogP contribution in [0.5, 0.6) is 0 Å². The van der Waals surface area contributed by atoms with Crippen LogP contribution in [0.15, 0.2) is 42.6 Å². The van der Waals surface area contributed by atoms with Crippen molar-refractivity contribution in [2.24, 2.45) is 0 Å². The predicted molar refractivity (Wildman–Crippen MR) is 90.4 cm³/mol. The molecule has 22 heavy (non-hydrogen) atoms. The van der Waals surface area contributed by atoms with E-state index in [1.165, 1.54) is 0 Å².